The number of aromatic amines is 1. The number of hydrogen-bond acceptors (Lipinski definition) is 5. The molecule has 23 heavy (non-hydrogen) atoms. The lowest BCUT2D eigenvalue weighted by atomic mass is 10.1. The van der Waals surface area contributed by atoms with Crippen LogP contribution in [0, 0.1) is 18.6 Å². The Morgan fingerprint density at radius 3 is 3.00 bits per heavy atom. The summed E-state index contributed by atoms with van der Waals surface area (Å²) in [4.78, 5) is 6.20. The number of aryl methyl sites for hydroxylation is 1. The van der Waals surface area contributed by atoms with Crippen LogP contribution >= 0.6 is 0 Å². The highest BCUT2D eigenvalue weighted by Gasteiger charge is 2.27. The average Bonchev–Trinajstić information content (AvgIpc) is 2.94. The van der Waals surface area contributed by atoms with Gasteiger partial charge in [0, 0.05) is 31.3 Å². The summed E-state index contributed by atoms with van der Waals surface area (Å²) in [6.07, 6.45) is -1.33. The van der Waals surface area contributed by atoms with Crippen LogP contribution in [0.3, 0.4) is 0 Å². The molecule has 124 valence electrons. The van der Waals surface area contributed by atoms with Crippen molar-refractivity contribution in [2.45, 2.75) is 19.1 Å². The van der Waals surface area contributed by atoms with Crippen molar-refractivity contribution in [2.75, 3.05) is 26.2 Å². The summed E-state index contributed by atoms with van der Waals surface area (Å²) in [6.45, 7) is 3.61. The lowest BCUT2D eigenvalue weighted by Crippen LogP contribution is -2.41. The molecule has 1 saturated heterocycles. The molecule has 0 radical (unpaired) electrons. The summed E-state index contributed by atoms with van der Waals surface area (Å²) in [5, 5.41) is 17.1. The third-order valence-corrected chi connectivity index (χ3v) is 3.81. The minimum Gasteiger partial charge on any atom is -0.387 e. The van der Waals surface area contributed by atoms with Crippen LogP contribution < -0.4 is 0 Å². The van der Waals surface area contributed by atoms with Crippen LogP contribution in [0.2, 0.25) is 0 Å². The number of benzene rings is 1. The third kappa shape index (κ3) is 3.72. The van der Waals surface area contributed by atoms with Crippen molar-refractivity contribution in [2.24, 2.45) is 0 Å². The molecule has 1 aromatic heterocycles. The smallest absolute Gasteiger partial charge is 0.180 e. The molecule has 1 aromatic carbocycles. The van der Waals surface area contributed by atoms with Gasteiger partial charge < -0.3 is 9.84 Å². The van der Waals surface area contributed by atoms with E-state index >= 15 is 0 Å². The number of hydrogen-bond donors (Lipinski definition) is 2. The highest BCUT2D eigenvalue weighted by molar-refractivity contribution is 5.21. The Bertz CT molecular complexity index is 679. The quantitative estimate of drug-likeness (QED) is 0.891. The Morgan fingerprint density at radius 1 is 1.48 bits per heavy atom. The van der Waals surface area contributed by atoms with Gasteiger partial charge in [-0.3, -0.25) is 10.00 Å². The van der Waals surface area contributed by atoms with Gasteiger partial charge in [-0.1, -0.05) is 6.07 Å². The fraction of sp³-hybridized carbons (Fsp3) is 0.467. The van der Waals surface area contributed by atoms with Crippen molar-refractivity contribution in [3.63, 3.8) is 0 Å². The predicted octanol–water partition coefficient (Wildman–Crippen LogP) is 1.50. The lowest BCUT2D eigenvalue weighted by Gasteiger charge is -2.32. The van der Waals surface area contributed by atoms with Crippen LogP contribution in [0.25, 0.3) is 0 Å². The van der Waals surface area contributed by atoms with Crippen LogP contribution in [-0.2, 0) is 4.74 Å². The fourth-order valence-corrected chi connectivity index (χ4v) is 2.64. The maximum absolute atomic E-state index is 13.7. The second kappa shape index (κ2) is 6.69. The molecule has 1 aliphatic rings. The lowest BCUT2D eigenvalue weighted by molar-refractivity contribution is -0.0463. The van der Waals surface area contributed by atoms with Crippen molar-refractivity contribution in [1.82, 2.24) is 20.1 Å². The average molecular weight is 324 g/mol. The summed E-state index contributed by atoms with van der Waals surface area (Å²) in [5.41, 5.74) is 0.0863. The third-order valence-electron chi connectivity index (χ3n) is 3.81. The van der Waals surface area contributed by atoms with E-state index in [4.69, 9.17) is 4.74 Å². The topological polar surface area (TPSA) is 74.3 Å². The first-order valence-corrected chi connectivity index (χ1v) is 7.39. The summed E-state index contributed by atoms with van der Waals surface area (Å²) in [5.74, 6) is -0.138. The van der Waals surface area contributed by atoms with Crippen LogP contribution in [-0.4, -0.2) is 51.4 Å². The number of nitrogens with zero attached hydrogens (tertiary/aromatic N) is 3. The second-order valence-electron chi connectivity index (χ2n) is 5.58. The van der Waals surface area contributed by atoms with Crippen LogP contribution in [0.1, 0.15) is 29.4 Å². The van der Waals surface area contributed by atoms with Gasteiger partial charge in [-0.25, -0.2) is 13.8 Å². The Hall–Kier alpha value is -1.90. The van der Waals surface area contributed by atoms with Crippen molar-refractivity contribution in [1.29, 1.82) is 0 Å². The van der Waals surface area contributed by atoms with E-state index in [2.05, 4.69) is 15.2 Å². The zero-order chi connectivity index (χ0) is 16.4. The monoisotopic (exact) mass is 324 g/mol. The summed E-state index contributed by atoms with van der Waals surface area (Å²) in [7, 11) is 0. The standard InChI is InChI=1S/C15H18F2N4O2/c1-9-18-15(20-19-9)14-8-21(4-5-23-14)7-13(22)11-3-2-10(16)6-12(11)17/h2-3,6,13-14,22H,4-5,7-8H2,1H3,(H,18,19,20)/t13-,14+/m0/s1. The fourth-order valence-electron chi connectivity index (χ4n) is 2.64. The number of morpholine rings is 1. The Kier molecular flexibility index (Phi) is 4.65. The maximum Gasteiger partial charge on any atom is 0.180 e. The van der Waals surface area contributed by atoms with Crippen LogP contribution in [0.4, 0.5) is 8.78 Å². The molecule has 2 aromatic rings. The van der Waals surface area contributed by atoms with Crippen LogP contribution in [0.5, 0.6) is 0 Å². The molecule has 0 bridgehead atoms. The maximum atomic E-state index is 13.7. The number of aromatic nitrogens is 3. The summed E-state index contributed by atoms with van der Waals surface area (Å²) >= 11 is 0. The van der Waals surface area contributed by atoms with Gasteiger partial charge >= 0.3 is 0 Å². The van der Waals surface area contributed by atoms with E-state index < -0.39 is 17.7 Å². The molecule has 3 rings (SSSR count). The highest BCUT2D eigenvalue weighted by atomic mass is 19.1. The Balaban J connectivity index is 1.65. The van der Waals surface area contributed by atoms with Gasteiger partial charge in [0.2, 0.25) is 0 Å². The SMILES string of the molecule is Cc1nc([C@H]2CN(C[C@H](O)c3ccc(F)cc3F)CCO2)n[nH]1. The number of aliphatic hydroxyl groups is 1. The van der Waals surface area contributed by atoms with Crippen molar-refractivity contribution in [3.8, 4) is 0 Å². The van der Waals surface area contributed by atoms with E-state index in [-0.39, 0.29) is 18.2 Å². The number of ether oxygens (including phenoxy) is 1. The number of aliphatic hydroxyl groups excluding tert-OH is 1. The van der Waals surface area contributed by atoms with Gasteiger partial charge in [-0.15, -0.1) is 0 Å². The van der Waals surface area contributed by atoms with Crippen molar-refractivity contribution >= 4 is 0 Å². The molecular formula is C15H18F2N4O2. The highest BCUT2D eigenvalue weighted by Crippen LogP contribution is 2.23. The number of nitrogens with one attached hydrogen (secondary N) is 1. The van der Waals surface area contributed by atoms with Gasteiger partial charge in [0.05, 0.1) is 12.7 Å². The zero-order valence-corrected chi connectivity index (χ0v) is 12.7. The van der Waals surface area contributed by atoms with Gasteiger partial charge in [-0.2, -0.15) is 5.10 Å². The van der Waals surface area contributed by atoms with Gasteiger partial charge in [0.15, 0.2) is 5.82 Å². The molecule has 0 amide bonds. The van der Waals surface area contributed by atoms with E-state index in [1.54, 1.807) is 6.92 Å². The van der Waals surface area contributed by atoms with Crippen molar-refractivity contribution < 1.29 is 18.6 Å². The molecule has 2 atom stereocenters. The molecule has 2 N–H and O–H groups in total. The molecule has 0 saturated carbocycles. The molecule has 2 heterocycles. The van der Waals surface area contributed by atoms with Crippen LogP contribution in [0.15, 0.2) is 18.2 Å². The molecule has 0 unspecified atom stereocenters. The first kappa shape index (κ1) is 16.0. The summed E-state index contributed by atoms with van der Waals surface area (Å²) < 4.78 is 32.3. The van der Waals surface area contributed by atoms with Gasteiger partial charge in [-0.05, 0) is 13.0 Å². The van der Waals surface area contributed by atoms with Gasteiger partial charge in [0.1, 0.15) is 23.6 Å². The van der Waals surface area contributed by atoms with E-state index in [0.29, 0.717) is 31.3 Å². The Labute approximate surface area is 132 Å². The van der Waals surface area contributed by atoms with E-state index in [0.717, 1.165) is 12.1 Å². The minimum absolute atomic E-state index is 0.0863. The largest absolute Gasteiger partial charge is 0.387 e. The molecule has 1 fully saturated rings. The number of rotatable bonds is 4. The van der Waals surface area contributed by atoms with E-state index in [1.165, 1.54) is 6.07 Å². The minimum atomic E-state index is -1.04. The molecule has 8 heteroatoms. The molecular weight excluding hydrogens is 306 g/mol. The normalized spacial score (nSPS) is 20.6. The number of β-amino-alcohol motifs (C(OH)–C–C–N with tert-alkyl or cyclic N) is 1. The number of halogens is 2. The molecule has 1 aliphatic heterocycles. The van der Waals surface area contributed by atoms with Gasteiger partial charge in [0.25, 0.3) is 0 Å². The molecule has 0 aliphatic carbocycles. The summed E-state index contributed by atoms with van der Waals surface area (Å²) in [6, 6.07) is 3.18. The molecule has 6 nitrogen and oxygen atoms in total. The van der Waals surface area contributed by atoms with E-state index in [1.807, 2.05) is 4.90 Å². The first-order chi connectivity index (χ1) is 11.0. The zero-order valence-electron chi connectivity index (χ0n) is 12.7. The number of H-pyrrole nitrogens is 1. The second-order valence-corrected chi connectivity index (χ2v) is 5.58. The Morgan fingerprint density at radius 2 is 2.30 bits per heavy atom. The van der Waals surface area contributed by atoms with Crippen molar-refractivity contribution in [3.05, 3.63) is 47.0 Å². The molecule has 0 spiro atoms. The van der Waals surface area contributed by atoms with E-state index in [9.17, 15) is 13.9 Å². The first-order valence-electron chi connectivity index (χ1n) is 7.39. The predicted molar refractivity (Wildman–Crippen MR) is 77.6 cm³/mol.